The van der Waals surface area contributed by atoms with E-state index in [1.54, 1.807) is 12.5 Å². The number of furan rings is 1. The summed E-state index contributed by atoms with van der Waals surface area (Å²) in [6.45, 7) is 2.83. The van der Waals surface area contributed by atoms with Gasteiger partial charge >= 0.3 is 0 Å². The molecule has 0 aliphatic heterocycles. The van der Waals surface area contributed by atoms with Gasteiger partial charge in [0.1, 0.15) is 11.4 Å². The molecule has 5 nitrogen and oxygen atoms in total. The van der Waals surface area contributed by atoms with Crippen LogP contribution < -0.4 is 5.32 Å². The summed E-state index contributed by atoms with van der Waals surface area (Å²) in [5.41, 5.74) is 3.17. The molecule has 0 unspecified atom stereocenters. The van der Waals surface area contributed by atoms with Gasteiger partial charge < -0.3 is 9.73 Å². The minimum atomic E-state index is 0.717. The number of hydrogen-bond acceptors (Lipinski definition) is 4. The molecule has 0 amide bonds. The summed E-state index contributed by atoms with van der Waals surface area (Å²) in [7, 11) is 1.94. The molecule has 3 heterocycles. The molecule has 0 bridgehead atoms. The molecule has 0 aromatic carbocycles. The van der Waals surface area contributed by atoms with E-state index in [9.17, 15) is 0 Å². The van der Waals surface area contributed by atoms with Crippen LogP contribution in [0.2, 0.25) is 0 Å². The maximum Gasteiger partial charge on any atom is 0.139 e. The average molecular weight is 256 g/mol. The fourth-order valence-electron chi connectivity index (χ4n) is 2.24. The number of aryl methyl sites for hydroxylation is 2. The number of fused-ring (bicyclic) bond motifs is 1. The smallest absolute Gasteiger partial charge is 0.139 e. The molecule has 0 spiro atoms. The highest BCUT2D eigenvalue weighted by Crippen LogP contribution is 2.22. The van der Waals surface area contributed by atoms with E-state index in [2.05, 4.69) is 22.3 Å². The van der Waals surface area contributed by atoms with E-state index in [0.717, 1.165) is 28.9 Å². The Morgan fingerprint density at radius 2 is 2.26 bits per heavy atom. The second-order valence-corrected chi connectivity index (χ2v) is 4.47. The van der Waals surface area contributed by atoms with E-state index in [4.69, 9.17) is 4.42 Å². The summed E-state index contributed by atoms with van der Waals surface area (Å²) in [6, 6.07) is 3.79. The van der Waals surface area contributed by atoms with Crippen molar-refractivity contribution in [1.29, 1.82) is 0 Å². The third-order valence-electron chi connectivity index (χ3n) is 3.15. The number of rotatable bonds is 4. The molecule has 0 saturated heterocycles. The molecular formula is C14H16N4O. The monoisotopic (exact) mass is 256 g/mol. The highest BCUT2D eigenvalue weighted by atomic mass is 16.3. The van der Waals surface area contributed by atoms with E-state index >= 15 is 0 Å². The van der Waals surface area contributed by atoms with E-state index in [1.165, 1.54) is 5.56 Å². The Morgan fingerprint density at radius 1 is 1.37 bits per heavy atom. The number of nitrogens with one attached hydrogen (secondary N) is 1. The molecule has 19 heavy (non-hydrogen) atoms. The minimum Gasteiger partial charge on any atom is -0.464 e. The van der Waals surface area contributed by atoms with E-state index in [0.29, 0.717) is 6.54 Å². The lowest BCUT2D eigenvalue weighted by Crippen LogP contribution is -2.02. The van der Waals surface area contributed by atoms with Crippen molar-refractivity contribution in [2.24, 2.45) is 7.05 Å². The number of pyridine rings is 1. The third-order valence-corrected chi connectivity index (χ3v) is 3.15. The molecule has 3 aromatic heterocycles. The molecule has 3 aromatic rings. The van der Waals surface area contributed by atoms with Crippen LogP contribution in [-0.2, 0) is 20.0 Å². The first-order chi connectivity index (χ1) is 9.28. The third kappa shape index (κ3) is 2.19. The van der Waals surface area contributed by atoms with Crippen molar-refractivity contribution in [2.75, 3.05) is 5.32 Å². The molecular weight excluding hydrogens is 240 g/mol. The molecule has 0 saturated carbocycles. The highest BCUT2D eigenvalue weighted by Gasteiger charge is 2.08. The minimum absolute atomic E-state index is 0.717. The number of nitrogens with zero attached hydrogens (tertiary/aromatic N) is 3. The largest absolute Gasteiger partial charge is 0.464 e. The molecule has 3 rings (SSSR count). The van der Waals surface area contributed by atoms with Crippen molar-refractivity contribution < 1.29 is 4.42 Å². The predicted octanol–water partition coefficient (Wildman–Crippen LogP) is 2.74. The van der Waals surface area contributed by atoms with Crippen molar-refractivity contribution in [3.8, 4) is 0 Å². The van der Waals surface area contributed by atoms with E-state index in [-0.39, 0.29) is 0 Å². The number of hydrogen-bond donors (Lipinski definition) is 1. The molecule has 0 atom stereocenters. The Kier molecular flexibility index (Phi) is 2.95. The Labute approximate surface area is 111 Å². The molecule has 5 heteroatoms. The lowest BCUT2D eigenvalue weighted by Gasteiger charge is -2.05. The summed E-state index contributed by atoms with van der Waals surface area (Å²) in [4.78, 5) is 4.36. The lowest BCUT2D eigenvalue weighted by atomic mass is 10.2. The number of anilines is 1. The zero-order valence-corrected chi connectivity index (χ0v) is 11.1. The van der Waals surface area contributed by atoms with Crippen LogP contribution in [0.5, 0.6) is 0 Å². The quantitative estimate of drug-likeness (QED) is 0.779. The second kappa shape index (κ2) is 4.76. The SMILES string of the molecule is CCc1nn(C)cc1CNc1nccc2occc12. The van der Waals surface area contributed by atoms with Crippen LogP contribution in [0.25, 0.3) is 11.0 Å². The van der Waals surface area contributed by atoms with Gasteiger partial charge in [0.2, 0.25) is 0 Å². The maximum absolute atomic E-state index is 5.36. The predicted molar refractivity (Wildman–Crippen MR) is 73.9 cm³/mol. The van der Waals surface area contributed by atoms with Crippen molar-refractivity contribution >= 4 is 16.8 Å². The normalized spacial score (nSPS) is 11.1. The van der Waals surface area contributed by atoms with Crippen molar-refractivity contribution in [3.05, 3.63) is 42.0 Å². The van der Waals surface area contributed by atoms with Gasteiger partial charge in [-0.15, -0.1) is 0 Å². The molecule has 0 fully saturated rings. The topological polar surface area (TPSA) is 55.9 Å². The summed E-state index contributed by atoms with van der Waals surface area (Å²) < 4.78 is 7.21. The molecule has 0 radical (unpaired) electrons. The summed E-state index contributed by atoms with van der Waals surface area (Å²) in [5.74, 6) is 0.845. The Bertz CT molecular complexity index is 698. The first-order valence-electron chi connectivity index (χ1n) is 6.35. The molecule has 98 valence electrons. The average Bonchev–Trinajstić information content (AvgIpc) is 3.02. The zero-order chi connectivity index (χ0) is 13.2. The van der Waals surface area contributed by atoms with Crippen LogP contribution in [0.15, 0.2) is 35.2 Å². The van der Waals surface area contributed by atoms with E-state index in [1.807, 2.05) is 30.1 Å². The first-order valence-corrected chi connectivity index (χ1v) is 6.35. The summed E-state index contributed by atoms with van der Waals surface area (Å²) in [5, 5.41) is 8.79. The van der Waals surface area contributed by atoms with Gasteiger partial charge in [-0.2, -0.15) is 5.10 Å². The highest BCUT2D eigenvalue weighted by molar-refractivity contribution is 5.87. The summed E-state index contributed by atoms with van der Waals surface area (Å²) >= 11 is 0. The fraction of sp³-hybridized carbons (Fsp3) is 0.286. The van der Waals surface area contributed by atoms with Crippen molar-refractivity contribution in [2.45, 2.75) is 19.9 Å². The van der Waals surface area contributed by atoms with Gasteiger partial charge in [0.05, 0.1) is 17.3 Å². The van der Waals surface area contributed by atoms with Crippen LogP contribution in [-0.4, -0.2) is 14.8 Å². The molecule has 0 aliphatic carbocycles. The first kappa shape index (κ1) is 11.8. The van der Waals surface area contributed by atoms with Crippen molar-refractivity contribution in [3.63, 3.8) is 0 Å². The van der Waals surface area contributed by atoms with Gasteiger partial charge in [-0.3, -0.25) is 4.68 Å². The Morgan fingerprint density at radius 3 is 3.11 bits per heavy atom. The standard InChI is InChI=1S/C14H16N4O/c1-3-12-10(9-18(2)17-12)8-16-14-11-5-7-19-13(11)4-6-15-14/h4-7,9H,3,8H2,1-2H3,(H,15,16). The van der Waals surface area contributed by atoms with Gasteiger partial charge in [0.25, 0.3) is 0 Å². The maximum atomic E-state index is 5.36. The second-order valence-electron chi connectivity index (χ2n) is 4.47. The van der Waals surface area contributed by atoms with Gasteiger partial charge in [0, 0.05) is 31.5 Å². The molecule has 1 N–H and O–H groups in total. The number of aromatic nitrogens is 3. The van der Waals surface area contributed by atoms with Gasteiger partial charge in [-0.05, 0) is 18.6 Å². The van der Waals surface area contributed by atoms with Gasteiger partial charge in [-0.25, -0.2) is 4.98 Å². The van der Waals surface area contributed by atoms with E-state index < -0.39 is 0 Å². The Hall–Kier alpha value is -2.30. The molecule has 0 aliphatic rings. The van der Waals surface area contributed by atoms with Gasteiger partial charge in [0.15, 0.2) is 0 Å². The van der Waals surface area contributed by atoms with Crippen LogP contribution in [0.1, 0.15) is 18.2 Å². The summed E-state index contributed by atoms with van der Waals surface area (Å²) in [6.07, 6.45) is 6.40. The fourth-order valence-corrected chi connectivity index (χ4v) is 2.24. The lowest BCUT2D eigenvalue weighted by molar-refractivity contribution is 0.615. The van der Waals surface area contributed by atoms with Crippen molar-refractivity contribution in [1.82, 2.24) is 14.8 Å². The van der Waals surface area contributed by atoms with Crippen LogP contribution in [0.4, 0.5) is 5.82 Å². The zero-order valence-electron chi connectivity index (χ0n) is 11.1. The van der Waals surface area contributed by atoms with Crippen LogP contribution in [0.3, 0.4) is 0 Å². The Balaban J connectivity index is 1.84. The van der Waals surface area contributed by atoms with Crippen LogP contribution >= 0.6 is 0 Å². The van der Waals surface area contributed by atoms with Gasteiger partial charge in [-0.1, -0.05) is 6.92 Å². The van der Waals surface area contributed by atoms with Crippen LogP contribution in [0, 0.1) is 0 Å².